The van der Waals surface area contributed by atoms with Crippen molar-refractivity contribution in [3.05, 3.63) is 33.8 Å². The Morgan fingerprint density at radius 2 is 2.06 bits per heavy atom. The van der Waals surface area contributed by atoms with Crippen LogP contribution in [0.25, 0.3) is 0 Å². The molecule has 6 heteroatoms. The van der Waals surface area contributed by atoms with Crippen molar-refractivity contribution >= 4 is 21.9 Å². The molecule has 0 bridgehead atoms. The third kappa shape index (κ3) is 2.76. The van der Waals surface area contributed by atoms with Crippen molar-refractivity contribution < 1.29 is 18.7 Å². The number of hydrogen-bond acceptors (Lipinski definition) is 2. The number of carboxylic acids is 1. The van der Waals surface area contributed by atoms with Crippen molar-refractivity contribution in [3.8, 4) is 0 Å². The van der Waals surface area contributed by atoms with E-state index in [0.29, 0.717) is 4.47 Å². The molecule has 16 heavy (non-hydrogen) atoms. The van der Waals surface area contributed by atoms with Crippen LogP contribution in [0.3, 0.4) is 0 Å². The molecule has 1 aromatic rings. The molecule has 0 saturated carbocycles. The summed E-state index contributed by atoms with van der Waals surface area (Å²) in [6.45, 7) is -0.217. The number of rotatable bonds is 4. The smallest absolute Gasteiger partial charge is 0.312 e. The fraction of sp³-hybridized carbons (Fsp3) is 0.300. The van der Waals surface area contributed by atoms with Crippen molar-refractivity contribution in [2.45, 2.75) is 12.3 Å². The third-order valence-corrected chi connectivity index (χ3v) is 2.69. The van der Waals surface area contributed by atoms with Gasteiger partial charge in [-0.25, -0.2) is 8.78 Å². The Morgan fingerprint density at radius 1 is 1.44 bits per heavy atom. The normalized spacial score (nSPS) is 12.8. The number of alkyl halides is 2. The summed E-state index contributed by atoms with van der Waals surface area (Å²) in [4.78, 5) is 10.9. The zero-order valence-corrected chi connectivity index (χ0v) is 9.75. The maximum Gasteiger partial charge on any atom is 0.312 e. The van der Waals surface area contributed by atoms with E-state index in [0.717, 1.165) is 0 Å². The van der Waals surface area contributed by atoms with Gasteiger partial charge in [-0.05, 0) is 17.7 Å². The first-order valence-corrected chi connectivity index (χ1v) is 5.27. The molecule has 1 atom stereocenters. The SMILES string of the molecule is NCC(C(=O)O)c1cc(Br)ccc1C(F)F. The molecule has 88 valence electrons. The summed E-state index contributed by atoms with van der Waals surface area (Å²) in [6, 6.07) is 4.02. The number of hydrogen-bond donors (Lipinski definition) is 2. The summed E-state index contributed by atoms with van der Waals surface area (Å²) in [5.41, 5.74) is 5.05. The van der Waals surface area contributed by atoms with Gasteiger partial charge in [-0.2, -0.15) is 0 Å². The van der Waals surface area contributed by atoms with Gasteiger partial charge >= 0.3 is 5.97 Å². The third-order valence-electron chi connectivity index (χ3n) is 2.19. The molecule has 0 fully saturated rings. The highest BCUT2D eigenvalue weighted by Gasteiger charge is 2.24. The Morgan fingerprint density at radius 3 is 2.50 bits per heavy atom. The lowest BCUT2D eigenvalue weighted by Crippen LogP contribution is -2.22. The molecule has 1 unspecified atom stereocenters. The first-order valence-electron chi connectivity index (χ1n) is 4.47. The summed E-state index contributed by atoms with van der Waals surface area (Å²) in [6.07, 6.45) is -2.71. The highest BCUT2D eigenvalue weighted by molar-refractivity contribution is 9.10. The average molecular weight is 294 g/mol. The summed E-state index contributed by atoms with van der Waals surface area (Å²) in [7, 11) is 0. The second-order valence-electron chi connectivity index (χ2n) is 3.20. The van der Waals surface area contributed by atoms with Crippen molar-refractivity contribution in [2.75, 3.05) is 6.54 Å². The minimum absolute atomic E-state index is 0.0550. The van der Waals surface area contributed by atoms with Crippen LogP contribution < -0.4 is 5.73 Å². The standard InChI is InChI=1S/C10H10BrF2NO2/c11-5-1-2-6(9(12)13)7(3-5)8(4-14)10(15)16/h1-3,8-9H,4,14H2,(H,15,16). The van der Waals surface area contributed by atoms with Crippen LogP contribution in [0.2, 0.25) is 0 Å². The number of carbonyl (C=O) groups is 1. The summed E-state index contributed by atoms with van der Waals surface area (Å²) >= 11 is 3.11. The van der Waals surface area contributed by atoms with Gasteiger partial charge in [0, 0.05) is 16.6 Å². The molecule has 1 rings (SSSR count). The fourth-order valence-electron chi connectivity index (χ4n) is 1.41. The topological polar surface area (TPSA) is 63.3 Å². The van der Waals surface area contributed by atoms with Crippen molar-refractivity contribution in [2.24, 2.45) is 5.73 Å². The molecule has 0 saturated heterocycles. The van der Waals surface area contributed by atoms with E-state index in [4.69, 9.17) is 10.8 Å². The van der Waals surface area contributed by atoms with Gasteiger partial charge in [0.1, 0.15) is 0 Å². The lowest BCUT2D eigenvalue weighted by atomic mass is 9.94. The van der Waals surface area contributed by atoms with E-state index in [9.17, 15) is 13.6 Å². The van der Waals surface area contributed by atoms with Crippen LogP contribution in [0.4, 0.5) is 8.78 Å². The molecule has 1 aromatic carbocycles. The number of benzene rings is 1. The second-order valence-corrected chi connectivity index (χ2v) is 4.12. The number of nitrogens with two attached hydrogens (primary N) is 1. The van der Waals surface area contributed by atoms with Gasteiger partial charge < -0.3 is 10.8 Å². The predicted molar refractivity (Wildman–Crippen MR) is 58.5 cm³/mol. The number of halogens is 3. The molecule has 0 heterocycles. The van der Waals surface area contributed by atoms with Crippen LogP contribution in [0, 0.1) is 0 Å². The molecular weight excluding hydrogens is 284 g/mol. The maximum absolute atomic E-state index is 12.7. The van der Waals surface area contributed by atoms with E-state index >= 15 is 0 Å². The van der Waals surface area contributed by atoms with Gasteiger partial charge in [0.05, 0.1) is 5.92 Å². The van der Waals surface area contributed by atoms with E-state index < -0.39 is 18.3 Å². The van der Waals surface area contributed by atoms with Gasteiger partial charge in [-0.3, -0.25) is 4.79 Å². The van der Waals surface area contributed by atoms with Crippen LogP contribution >= 0.6 is 15.9 Å². The Bertz CT molecular complexity index is 398. The Balaban J connectivity index is 3.27. The molecule has 0 aliphatic carbocycles. The number of aliphatic carboxylic acids is 1. The van der Waals surface area contributed by atoms with E-state index in [2.05, 4.69) is 15.9 Å². The summed E-state index contributed by atoms with van der Waals surface area (Å²) in [5.74, 6) is -2.32. The van der Waals surface area contributed by atoms with Gasteiger partial charge in [-0.1, -0.05) is 22.0 Å². The first kappa shape index (κ1) is 13.1. The van der Waals surface area contributed by atoms with Crippen LogP contribution in [-0.2, 0) is 4.79 Å². The molecule has 0 aliphatic heterocycles. The zero-order chi connectivity index (χ0) is 12.3. The van der Waals surface area contributed by atoms with E-state index in [1.54, 1.807) is 0 Å². The van der Waals surface area contributed by atoms with Crippen LogP contribution in [0.5, 0.6) is 0 Å². The zero-order valence-electron chi connectivity index (χ0n) is 8.16. The van der Waals surface area contributed by atoms with Crippen LogP contribution in [-0.4, -0.2) is 17.6 Å². The molecule has 0 spiro atoms. The Hall–Kier alpha value is -1.01. The van der Waals surface area contributed by atoms with Gasteiger partial charge in [0.25, 0.3) is 6.43 Å². The monoisotopic (exact) mass is 293 g/mol. The molecule has 0 aliphatic rings. The lowest BCUT2D eigenvalue weighted by molar-refractivity contribution is -0.138. The Kier molecular flexibility index (Phi) is 4.37. The average Bonchev–Trinajstić information content (AvgIpc) is 2.17. The Labute approximate surface area is 99.4 Å². The van der Waals surface area contributed by atoms with E-state index in [1.165, 1.54) is 18.2 Å². The van der Waals surface area contributed by atoms with Crippen molar-refractivity contribution in [1.29, 1.82) is 0 Å². The molecule has 0 radical (unpaired) electrons. The molecule has 3 nitrogen and oxygen atoms in total. The maximum atomic E-state index is 12.7. The second kappa shape index (κ2) is 5.36. The largest absolute Gasteiger partial charge is 0.481 e. The van der Waals surface area contributed by atoms with Gasteiger partial charge in [-0.15, -0.1) is 0 Å². The van der Waals surface area contributed by atoms with E-state index in [-0.39, 0.29) is 17.7 Å². The van der Waals surface area contributed by atoms with Gasteiger partial charge in [0.15, 0.2) is 0 Å². The minimum Gasteiger partial charge on any atom is -0.481 e. The van der Waals surface area contributed by atoms with Crippen LogP contribution in [0.1, 0.15) is 23.5 Å². The van der Waals surface area contributed by atoms with Crippen molar-refractivity contribution in [3.63, 3.8) is 0 Å². The highest BCUT2D eigenvalue weighted by Crippen LogP contribution is 2.30. The lowest BCUT2D eigenvalue weighted by Gasteiger charge is -2.15. The molecule has 0 aromatic heterocycles. The molecule has 0 amide bonds. The minimum atomic E-state index is -2.71. The van der Waals surface area contributed by atoms with E-state index in [1.807, 2.05) is 0 Å². The fourth-order valence-corrected chi connectivity index (χ4v) is 1.79. The predicted octanol–water partition coefficient (Wildman–Crippen LogP) is 2.51. The summed E-state index contributed by atoms with van der Waals surface area (Å²) < 4.78 is 25.9. The van der Waals surface area contributed by atoms with Crippen molar-refractivity contribution in [1.82, 2.24) is 0 Å². The molecule has 3 N–H and O–H groups in total. The number of carboxylic acid groups (broad SMARTS) is 1. The quantitative estimate of drug-likeness (QED) is 0.897. The highest BCUT2D eigenvalue weighted by atomic mass is 79.9. The first-order chi connectivity index (χ1) is 7.47. The summed E-state index contributed by atoms with van der Waals surface area (Å²) in [5, 5.41) is 8.88. The van der Waals surface area contributed by atoms with Crippen LogP contribution in [0.15, 0.2) is 22.7 Å². The molecular formula is C10H10BrF2NO2. The van der Waals surface area contributed by atoms with Gasteiger partial charge in [0.2, 0.25) is 0 Å².